The highest BCUT2D eigenvalue weighted by atomic mass is 32.1. The van der Waals surface area contributed by atoms with E-state index in [1.54, 1.807) is 6.20 Å². The molecule has 0 saturated carbocycles. The van der Waals surface area contributed by atoms with Crippen LogP contribution in [-0.2, 0) is 9.53 Å². The fraction of sp³-hybridized carbons (Fsp3) is 0.207. The lowest BCUT2D eigenvalue weighted by molar-refractivity contribution is -0.119. The molecule has 7 nitrogen and oxygen atoms in total. The number of carbonyl (C=O) groups excluding carboxylic acids is 1. The summed E-state index contributed by atoms with van der Waals surface area (Å²) < 4.78 is 7.16. The zero-order valence-electron chi connectivity index (χ0n) is 21.0. The Kier molecular flexibility index (Phi) is 7.03. The molecule has 2 aromatic heterocycles. The summed E-state index contributed by atoms with van der Waals surface area (Å²) >= 11 is 5.90. The normalized spacial score (nSPS) is 17.1. The first-order valence-electron chi connectivity index (χ1n) is 12.1. The number of nitrogens with zero attached hydrogens (tertiary/aromatic N) is 3. The van der Waals surface area contributed by atoms with Crippen LogP contribution in [0.5, 0.6) is 0 Å². The minimum absolute atomic E-state index is 0.00506. The topological polar surface area (TPSA) is 71.4 Å². The van der Waals surface area contributed by atoms with Gasteiger partial charge in [-0.25, -0.2) is 0 Å². The number of benzene rings is 2. The predicted octanol–water partition coefficient (Wildman–Crippen LogP) is 5.25. The molecule has 1 saturated heterocycles. The Bertz CT molecular complexity index is 1440. The van der Waals surface area contributed by atoms with Gasteiger partial charge in [0.15, 0.2) is 5.11 Å². The van der Waals surface area contributed by atoms with Crippen molar-refractivity contribution in [2.75, 3.05) is 23.9 Å². The molecule has 4 aromatic rings. The first-order chi connectivity index (χ1) is 18.0. The number of aromatic nitrogens is 2. The number of anilines is 2. The van der Waals surface area contributed by atoms with Crippen molar-refractivity contribution in [3.8, 4) is 5.69 Å². The van der Waals surface area contributed by atoms with Gasteiger partial charge in [-0.2, -0.15) is 0 Å². The first kappa shape index (κ1) is 24.7. The minimum atomic E-state index is -0.194. The number of methoxy groups -OCH3 is 1. The summed E-state index contributed by atoms with van der Waals surface area (Å²) in [5, 5.41) is 7.05. The molecule has 0 unspecified atom stereocenters. The average molecular weight is 512 g/mol. The molecule has 37 heavy (non-hydrogen) atoms. The van der Waals surface area contributed by atoms with Crippen LogP contribution >= 0.6 is 12.2 Å². The molecular weight excluding hydrogens is 482 g/mol. The zero-order chi connectivity index (χ0) is 25.9. The Labute approximate surface area is 222 Å². The molecule has 0 radical (unpaired) electrons. The maximum atomic E-state index is 12.1. The van der Waals surface area contributed by atoms with E-state index in [0.29, 0.717) is 5.11 Å². The maximum Gasteiger partial charge on any atom is 0.250 e. The van der Waals surface area contributed by atoms with Crippen LogP contribution in [0.2, 0.25) is 0 Å². The van der Waals surface area contributed by atoms with Gasteiger partial charge in [-0.1, -0.05) is 18.2 Å². The number of hydrogen-bond acceptors (Lipinski definition) is 4. The van der Waals surface area contributed by atoms with Crippen molar-refractivity contribution in [1.29, 1.82) is 0 Å². The largest absolute Gasteiger partial charge is 0.375 e. The second-order valence-electron chi connectivity index (χ2n) is 9.12. The van der Waals surface area contributed by atoms with E-state index in [1.165, 1.54) is 12.7 Å². The monoisotopic (exact) mass is 511 g/mol. The first-order valence-corrected chi connectivity index (χ1v) is 12.5. The molecule has 2 N–H and O–H groups in total. The highest BCUT2D eigenvalue weighted by molar-refractivity contribution is 7.80. The van der Waals surface area contributed by atoms with Gasteiger partial charge in [-0.05, 0) is 91.8 Å². The molecule has 1 fully saturated rings. The molecule has 5 rings (SSSR count). The number of carbonyl (C=O) groups is 1. The number of rotatable bonds is 7. The van der Waals surface area contributed by atoms with Crippen LogP contribution < -0.4 is 15.5 Å². The van der Waals surface area contributed by atoms with Crippen LogP contribution in [0.4, 0.5) is 11.4 Å². The fourth-order valence-corrected chi connectivity index (χ4v) is 5.18. The molecule has 8 heteroatoms. The third-order valence-electron chi connectivity index (χ3n) is 6.50. The van der Waals surface area contributed by atoms with E-state index in [4.69, 9.17) is 17.0 Å². The molecule has 188 valence electrons. The molecule has 1 aliphatic rings. The van der Waals surface area contributed by atoms with Gasteiger partial charge in [0, 0.05) is 42.3 Å². The second kappa shape index (κ2) is 10.5. The fourth-order valence-electron chi connectivity index (χ4n) is 4.84. The number of aryl methyl sites for hydroxylation is 2. The Morgan fingerprint density at radius 2 is 1.92 bits per heavy atom. The van der Waals surface area contributed by atoms with Gasteiger partial charge in [0.05, 0.1) is 11.7 Å². The van der Waals surface area contributed by atoms with Crippen molar-refractivity contribution in [2.45, 2.75) is 25.9 Å². The maximum absolute atomic E-state index is 12.1. The van der Waals surface area contributed by atoms with Crippen molar-refractivity contribution in [1.82, 2.24) is 14.9 Å². The SMILES string of the molecule is COCC(=O)Nc1ccc(N2C(=S)N[C@@H](c3ccccn3)[C@H]2c2cccn2-c2cccc(C)c2)cc1C. The van der Waals surface area contributed by atoms with Gasteiger partial charge in [-0.15, -0.1) is 0 Å². The molecule has 1 amide bonds. The smallest absolute Gasteiger partial charge is 0.250 e. The summed E-state index contributed by atoms with van der Waals surface area (Å²) in [4.78, 5) is 18.9. The second-order valence-corrected chi connectivity index (χ2v) is 9.51. The Hall–Kier alpha value is -4.01. The van der Waals surface area contributed by atoms with Crippen LogP contribution in [0.15, 0.2) is 85.2 Å². The molecule has 0 aliphatic carbocycles. The third kappa shape index (κ3) is 4.98. The van der Waals surface area contributed by atoms with Crippen LogP contribution in [0.25, 0.3) is 5.69 Å². The Balaban J connectivity index is 1.59. The Morgan fingerprint density at radius 1 is 1.05 bits per heavy atom. The quantitative estimate of drug-likeness (QED) is 0.330. The molecule has 1 aliphatic heterocycles. The molecule has 3 heterocycles. The zero-order valence-corrected chi connectivity index (χ0v) is 21.8. The van der Waals surface area contributed by atoms with E-state index in [0.717, 1.165) is 34.0 Å². The lowest BCUT2D eigenvalue weighted by Crippen LogP contribution is -2.30. The van der Waals surface area contributed by atoms with E-state index in [-0.39, 0.29) is 24.6 Å². The number of thiocarbonyl (C=S) groups is 1. The number of pyridine rings is 1. The minimum Gasteiger partial charge on any atom is -0.375 e. The lowest BCUT2D eigenvalue weighted by Gasteiger charge is -2.29. The van der Waals surface area contributed by atoms with Crippen molar-refractivity contribution in [2.24, 2.45) is 0 Å². The van der Waals surface area contributed by atoms with Gasteiger partial charge in [-0.3, -0.25) is 9.78 Å². The highest BCUT2D eigenvalue weighted by Gasteiger charge is 2.42. The number of hydrogen-bond donors (Lipinski definition) is 2. The van der Waals surface area contributed by atoms with Gasteiger partial charge >= 0.3 is 0 Å². The predicted molar refractivity (Wildman–Crippen MR) is 150 cm³/mol. The summed E-state index contributed by atoms with van der Waals surface area (Å²) in [6, 6.07) is 24.2. The summed E-state index contributed by atoms with van der Waals surface area (Å²) in [7, 11) is 1.50. The lowest BCUT2D eigenvalue weighted by atomic mass is 10.00. The van der Waals surface area contributed by atoms with E-state index in [9.17, 15) is 4.79 Å². The molecule has 2 aromatic carbocycles. The summed E-state index contributed by atoms with van der Waals surface area (Å²) in [6.45, 7) is 4.07. The van der Waals surface area contributed by atoms with E-state index >= 15 is 0 Å². The van der Waals surface area contributed by atoms with E-state index in [2.05, 4.69) is 74.6 Å². The molecule has 2 atom stereocenters. The van der Waals surface area contributed by atoms with Crippen molar-refractivity contribution in [3.05, 3.63) is 108 Å². The van der Waals surface area contributed by atoms with Crippen LogP contribution in [0.3, 0.4) is 0 Å². The standard InChI is InChI=1S/C29H29N5O2S/c1-19-8-6-9-21(16-19)33-15-7-11-25(33)28-27(24-10-4-5-14-30-24)32-29(37)34(28)22-12-13-23(20(2)17-22)31-26(35)18-36-3/h4-17,27-28H,18H2,1-3H3,(H,31,35)(H,32,37)/t27-,28+/m0/s1. The number of nitrogens with one attached hydrogen (secondary N) is 2. The van der Waals surface area contributed by atoms with Gasteiger partial charge < -0.3 is 24.8 Å². The third-order valence-corrected chi connectivity index (χ3v) is 6.81. The highest BCUT2D eigenvalue weighted by Crippen LogP contribution is 2.42. The van der Waals surface area contributed by atoms with Crippen LogP contribution in [0, 0.1) is 13.8 Å². The summed E-state index contributed by atoms with van der Waals surface area (Å²) in [6.07, 6.45) is 3.89. The van der Waals surface area contributed by atoms with Crippen molar-refractivity contribution < 1.29 is 9.53 Å². The summed E-state index contributed by atoms with van der Waals surface area (Å²) in [5.74, 6) is -0.194. The number of amides is 1. The van der Waals surface area contributed by atoms with Gasteiger partial charge in [0.1, 0.15) is 12.6 Å². The molecule has 0 spiro atoms. The van der Waals surface area contributed by atoms with Gasteiger partial charge in [0.2, 0.25) is 5.91 Å². The number of ether oxygens (including phenoxy) is 1. The molecular formula is C29H29N5O2S. The van der Waals surface area contributed by atoms with E-state index < -0.39 is 0 Å². The van der Waals surface area contributed by atoms with Crippen molar-refractivity contribution in [3.63, 3.8) is 0 Å². The average Bonchev–Trinajstić information content (AvgIpc) is 3.50. The summed E-state index contributed by atoms with van der Waals surface area (Å²) in [5.41, 5.74) is 6.88. The van der Waals surface area contributed by atoms with E-state index in [1.807, 2.05) is 43.3 Å². The molecule has 0 bridgehead atoms. The van der Waals surface area contributed by atoms with Crippen LogP contribution in [0.1, 0.15) is 34.6 Å². The van der Waals surface area contributed by atoms with Crippen molar-refractivity contribution >= 4 is 34.6 Å². The van der Waals surface area contributed by atoms with Gasteiger partial charge in [0.25, 0.3) is 0 Å². The Morgan fingerprint density at radius 3 is 2.65 bits per heavy atom. The van der Waals surface area contributed by atoms with Crippen LogP contribution in [-0.4, -0.2) is 34.3 Å².